The Balaban J connectivity index is 2.43. The van der Waals surface area contributed by atoms with Crippen LogP contribution in [0.15, 0.2) is 48.7 Å². The molecule has 0 atom stereocenters. The fraction of sp³-hybridized carbons (Fsp3) is 0. The quantitative estimate of drug-likeness (QED) is 0.713. The van der Waals surface area contributed by atoms with E-state index in [2.05, 4.69) is 4.98 Å². The molecule has 0 bridgehead atoms. The van der Waals surface area contributed by atoms with Crippen LogP contribution in [0.1, 0.15) is 0 Å². The van der Waals surface area contributed by atoms with Gasteiger partial charge in [0.05, 0.1) is 10.5 Å². The van der Waals surface area contributed by atoms with Gasteiger partial charge >= 0.3 is 0 Å². The van der Waals surface area contributed by atoms with E-state index in [1.165, 1.54) is 6.07 Å². The molecule has 3 aromatic rings. The van der Waals surface area contributed by atoms with E-state index in [0.717, 1.165) is 0 Å². The first-order valence-electron chi connectivity index (χ1n) is 5.69. The van der Waals surface area contributed by atoms with Crippen LogP contribution in [0.3, 0.4) is 0 Å². The highest BCUT2D eigenvalue weighted by molar-refractivity contribution is 6.32. The zero-order chi connectivity index (χ0) is 13.4. The number of rotatable bonds is 1. The summed E-state index contributed by atoms with van der Waals surface area (Å²) in [6, 6.07) is 11.6. The van der Waals surface area contributed by atoms with E-state index in [4.69, 9.17) is 11.6 Å². The molecule has 0 fully saturated rings. The van der Waals surface area contributed by atoms with Crippen molar-refractivity contribution in [2.45, 2.75) is 0 Å². The molecule has 0 amide bonds. The van der Waals surface area contributed by atoms with Crippen LogP contribution in [-0.4, -0.2) is 10.1 Å². The summed E-state index contributed by atoms with van der Waals surface area (Å²) in [6.45, 7) is 0. The van der Waals surface area contributed by atoms with Gasteiger partial charge in [-0.2, -0.15) is 0 Å². The van der Waals surface area contributed by atoms with Crippen molar-refractivity contribution in [1.29, 1.82) is 0 Å². The molecule has 3 rings (SSSR count). The maximum absolute atomic E-state index is 14.0. The lowest BCUT2D eigenvalue weighted by molar-refractivity contribution is 0.477. The van der Waals surface area contributed by atoms with Gasteiger partial charge in [0.15, 0.2) is 5.82 Å². The number of phenols is 1. The molecule has 0 spiro atoms. The molecule has 2 aromatic carbocycles. The highest BCUT2D eigenvalue weighted by Crippen LogP contribution is 2.37. The zero-order valence-electron chi connectivity index (χ0n) is 9.77. The Morgan fingerprint density at radius 1 is 1.05 bits per heavy atom. The van der Waals surface area contributed by atoms with E-state index in [1.54, 1.807) is 42.6 Å². The van der Waals surface area contributed by atoms with Crippen LogP contribution >= 0.6 is 11.6 Å². The number of para-hydroxylation sites is 1. The Kier molecular flexibility index (Phi) is 2.84. The largest absolute Gasteiger partial charge is 0.507 e. The average molecular weight is 274 g/mol. The fourth-order valence-corrected chi connectivity index (χ4v) is 2.30. The molecule has 0 unspecified atom stereocenters. The van der Waals surface area contributed by atoms with Crippen molar-refractivity contribution in [1.82, 2.24) is 4.98 Å². The summed E-state index contributed by atoms with van der Waals surface area (Å²) in [5, 5.41) is 10.3. The molecule has 0 aliphatic heterocycles. The summed E-state index contributed by atoms with van der Waals surface area (Å²) >= 11 is 5.91. The minimum Gasteiger partial charge on any atom is -0.507 e. The number of phenolic OH excluding ortho intramolecular Hbond substituents is 1. The van der Waals surface area contributed by atoms with Crippen LogP contribution in [-0.2, 0) is 0 Å². The van der Waals surface area contributed by atoms with E-state index in [0.29, 0.717) is 22.0 Å². The monoisotopic (exact) mass is 273 g/mol. The number of hydrogen-bond acceptors (Lipinski definition) is 2. The van der Waals surface area contributed by atoms with Crippen LogP contribution in [0.25, 0.3) is 22.0 Å². The lowest BCUT2D eigenvalue weighted by Crippen LogP contribution is -1.90. The van der Waals surface area contributed by atoms with Crippen LogP contribution in [0, 0.1) is 5.82 Å². The SMILES string of the molecule is Oc1ccccc1-c1cc(Cl)c(F)c2cccnc12. The van der Waals surface area contributed by atoms with Gasteiger partial charge in [-0.05, 0) is 24.3 Å². The first-order valence-corrected chi connectivity index (χ1v) is 6.07. The Morgan fingerprint density at radius 2 is 1.84 bits per heavy atom. The molecule has 0 saturated carbocycles. The minimum atomic E-state index is -0.496. The van der Waals surface area contributed by atoms with E-state index < -0.39 is 5.82 Å². The lowest BCUT2D eigenvalue weighted by Gasteiger charge is -2.09. The predicted molar refractivity (Wildman–Crippen MR) is 73.8 cm³/mol. The summed E-state index contributed by atoms with van der Waals surface area (Å²) in [7, 11) is 0. The summed E-state index contributed by atoms with van der Waals surface area (Å²) in [5.74, 6) is -0.388. The summed E-state index contributed by atoms with van der Waals surface area (Å²) in [5.41, 5.74) is 1.67. The first kappa shape index (κ1) is 11.9. The Bertz CT molecular complexity index is 773. The van der Waals surface area contributed by atoms with E-state index in [1.807, 2.05) is 0 Å². The molecule has 1 N–H and O–H groups in total. The second-order valence-corrected chi connectivity index (χ2v) is 4.54. The molecule has 94 valence electrons. The van der Waals surface area contributed by atoms with Crippen molar-refractivity contribution in [3.05, 3.63) is 59.5 Å². The number of benzene rings is 2. The first-order chi connectivity index (χ1) is 9.18. The average Bonchev–Trinajstić information content (AvgIpc) is 2.44. The Labute approximate surface area is 114 Å². The summed E-state index contributed by atoms with van der Waals surface area (Å²) in [4.78, 5) is 4.19. The van der Waals surface area contributed by atoms with Crippen LogP contribution < -0.4 is 0 Å². The van der Waals surface area contributed by atoms with Crippen molar-refractivity contribution in [3.63, 3.8) is 0 Å². The molecular formula is C15H9ClFNO. The standard InChI is InChI=1S/C15H9ClFNO/c16-12-8-11(9-4-1-2-6-13(9)19)15-10(14(12)17)5-3-7-18-15/h1-8,19H. The number of fused-ring (bicyclic) bond motifs is 1. The van der Waals surface area contributed by atoms with Crippen LogP contribution in [0.4, 0.5) is 4.39 Å². The smallest absolute Gasteiger partial charge is 0.151 e. The van der Waals surface area contributed by atoms with Gasteiger partial charge in [-0.1, -0.05) is 29.8 Å². The van der Waals surface area contributed by atoms with Gasteiger partial charge in [-0.3, -0.25) is 4.98 Å². The van der Waals surface area contributed by atoms with Gasteiger partial charge < -0.3 is 5.11 Å². The number of aromatic nitrogens is 1. The third-order valence-electron chi connectivity index (χ3n) is 2.97. The molecule has 0 aliphatic carbocycles. The van der Waals surface area contributed by atoms with Crippen LogP contribution in [0.5, 0.6) is 5.75 Å². The molecule has 4 heteroatoms. The molecule has 0 radical (unpaired) electrons. The molecule has 1 aromatic heterocycles. The van der Waals surface area contributed by atoms with Crippen molar-refractivity contribution in [2.24, 2.45) is 0 Å². The lowest BCUT2D eigenvalue weighted by atomic mass is 10.0. The third-order valence-corrected chi connectivity index (χ3v) is 3.25. The zero-order valence-corrected chi connectivity index (χ0v) is 10.5. The maximum Gasteiger partial charge on any atom is 0.151 e. The van der Waals surface area contributed by atoms with Crippen LogP contribution in [0.2, 0.25) is 5.02 Å². The van der Waals surface area contributed by atoms with Crippen molar-refractivity contribution >= 4 is 22.5 Å². The number of nitrogens with zero attached hydrogens (tertiary/aromatic N) is 1. The second kappa shape index (κ2) is 4.52. The number of halogens is 2. The molecule has 0 aliphatic rings. The van der Waals surface area contributed by atoms with Gasteiger partial charge in [0.2, 0.25) is 0 Å². The number of hydrogen-bond donors (Lipinski definition) is 1. The maximum atomic E-state index is 14.0. The Morgan fingerprint density at radius 3 is 2.63 bits per heavy atom. The van der Waals surface area contributed by atoms with Gasteiger partial charge in [-0.15, -0.1) is 0 Å². The van der Waals surface area contributed by atoms with Gasteiger partial charge in [-0.25, -0.2) is 4.39 Å². The normalized spacial score (nSPS) is 10.8. The van der Waals surface area contributed by atoms with Crippen molar-refractivity contribution < 1.29 is 9.50 Å². The van der Waals surface area contributed by atoms with Crippen molar-refractivity contribution in [3.8, 4) is 16.9 Å². The number of aromatic hydroxyl groups is 1. The predicted octanol–water partition coefficient (Wildman–Crippen LogP) is 4.40. The molecule has 1 heterocycles. The van der Waals surface area contributed by atoms with E-state index in [9.17, 15) is 9.50 Å². The molecular weight excluding hydrogens is 265 g/mol. The molecule has 2 nitrogen and oxygen atoms in total. The highest BCUT2D eigenvalue weighted by atomic mass is 35.5. The molecule has 19 heavy (non-hydrogen) atoms. The van der Waals surface area contributed by atoms with Gasteiger partial charge in [0.25, 0.3) is 0 Å². The Hall–Kier alpha value is -2.13. The fourth-order valence-electron chi connectivity index (χ4n) is 2.09. The van der Waals surface area contributed by atoms with Crippen molar-refractivity contribution in [2.75, 3.05) is 0 Å². The van der Waals surface area contributed by atoms with E-state index >= 15 is 0 Å². The third kappa shape index (κ3) is 1.92. The minimum absolute atomic E-state index is 0.0127. The second-order valence-electron chi connectivity index (χ2n) is 4.14. The van der Waals surface area contributed by atoms with E-state index in [-0.39, 0.29) is 10.8 Å². The summed E-state index contributed by atoms with van der Waals surface area (Å²) < 4.78 is 14.0. The number of pyridine rings is 1. The molecule has 0 saturated heterocycles. The highest BCUT2D eigenvalue weighted by Gasteiger charge is 2.14. The summed E-state index contributed by atoms with van der Waals surface area (Å²) in [6.07, 6.45) is 1.58. The van der Waals surface area contributed by atoms with Gasteiger partial charge in [0, 0.05) is 22.7 Å². The van der Waals surface area contributed by atoms with Gasteiger partial charge in [0.1, 0.15) is 5.75 Å². The topological polar surface area (TPSA) is 33.1 Å².